The van der Waals surface area contributed by atoms with E-state index >= 15 is 0 Å². The highest BCUT2D eigenvalue weighted by Crippen LogP contribution is 2.34. The molecule has 0 aliphatic rings. The standard InChI is InChI=1S/C12H10BrF3N2S/c1-7-18-9(6-19-7)5-17-11-4-8(12(14,15)16)2-3-10(11)13/h2-4,6,17H,5H2,1H3. The van der Waals surface area contributed by atoms with Crippen molar-refractivity contribution in [3.05, 3.63) is 44.3 Å². The largest absolute Gasteiger partial charge is 0.416 e. The quantitative estimate of drug-likeness (QED) is 0.856. The summed E-state index contributed by atoms with van der Waals surface area (Å²) in [6.45, 7) is 2.28. The number of thiazole rings is 1. The first-order valence-electron chi connectivity index (χ1n) is 5.38. The van der Waals surface area contributed by atoms with Gasteiger partial charge in [0.05, 0.1) is 22.8 Å². The number of hydrogen-bond donors (Lipinski definition) is 1. The summed E-state index contributed by atoms with van der Waals surface area (Å²) in [5, 5.41) is 5.76. The van der Waals surface area contributed by atoms with Crippen LogP contribution in [0, 0.1) is 6.92 Å². The lowest BCUT2D eigenvalue weighted by molar-refractivity contribution is -0.137. The number of anilines is 1. The molecule has 1 aromatic carbocycles. The van der Waals surface area contributed by atoms with Gasteiger partial charge in [0.2, 0.25) is 0 Å². The minimum absolute atomic E-state index is 0.393. The van der Waals surface area contributed by atoms with E-state index < -0.39 is 11.7 Å². The first-order chi connectivity index (χ1) is 8.86. The van der Waals surface area contributed by atoms with Gasteiger partial charge in [-0.15, -0.1) is 11.3 Å². The molecule has 2 aromatic rings. The number of halogens is 4. The maximum absolute atomic E-state index is 12.6. The highest BCUT2D eigenvalue weighted by Gasteiger charge is 2.30. The van der Waals surface area contributed by atoms with Crippen molar-refractivity contribution >= 4 is 33.0 Å². The predicted octanol–water partition coefficient (Wildman–Crippen LogP) is 4.84. The van der Waals surface area contributed by atoms with Gasteiger partial charge >= 0.3 is 6.18 Å². The molecule has 0 saturated heterocycles. The third-order valence-corrected chi connectivity index (χ3v) is 3.93. The van der Waals surface area contributed by atoms with E-state index in [0.717, 1.165) is 22.8 Å². The molecule has 1 heterocycles. The lowest BCUT2D eigenvalue weighted by Crippen LogP contribution is -2.07. The molecular weight excluding hydrogens is 341 g/mol. The van der Waals surface area contributed by atoms with Crippen molar-refractivity contribution in [3.8, 4) is 0 Å². The zero-order valence-electron chi connectivity index (χ0n) is 9.88. The molecule has 0 unspecified atom stereocenters. The highest BCUT2D eigenvalue weighted by molar-refractivity contribution is 9.10. The summed E-state index contributed by atoms with van der Waals surface area (Å²) in [6.07, 6.45) is -4.34. The number of nitrogens with zero attached hydrogens (tertiary/aromatic N) is 1. The molecule has 0 spiro atoms. The van der Waals surface area contributed by atoms with E-state index in [-0.39, 0.29) is 0 Å². The molecule has 19 heavy (non-hydrogen) atoms. The first-order valence-corrected chi connectivity index (χ1v) is 7.05. The fraction of sp³-hybridized carbons (Fsp3) is 0.250. The van der Waals surface area contributed by atoms with Gasteiger partial charge in [-0.3, -0.25) is 0 Å². The second kappa shape index (κ2) is 5.50. The summed E-state index contributed by atoms with van der Waals surface area (Å²) in [6, 6.07) is 3.52. The lowest BCUT2D eigenvalue weighted by Gasteiger charge is -2.11. The van der Waals surface area contributed by atoms with Crippen molar-refractivity contribution in [3.63, 3.8) is 0 Å². The Morgan fingerprint density at radius 1 is 1.37 bits per heavy atom. The molecule has 0 radical (unpaired) electrons. The SMILES string of the molecule is Cc1nc(CNc2cc(C(F)(F)F)ccc2Br)cs1. The molecule has 2 rings (SSSR count). The van der Waals surface area contributed by atoms with Gasteiger partial charge in [0.1, 0.15) is 0 Å². The summed E-state index contributed by atoms with van der Waals surface area (Å²) >= 11 is 4.74. The van der Waals surface area contributed by atoms with Crippen molar-refractivity contribution < 1.29 is 13.2 Å². The molecule has 0 bridgehead atoms. The number of nitrogens with one attached hydrogen (secondary N) is 1. The van der Waals surface area contributed by atoms with E-state index in [0.29, 0.717) is 16.7 Å². The van der Waals surface area contributed by atoms with Crippen LogP contribution in [0.3, 0.4) is 0 Å². The van der Waals surface area contributed by atoms with Crippen molar-refractivity contribution in [1.29, 1.82) is 0 Å². The van der Waals surface area contributed by atoms with Gasteiger partial charge in [0.25, 0.3) is 0 Å². The molecule has 0 amide bonds. The monoisotopic (exact) mass is 350 g/mol. The van der Waals surface area contributed by atoms with Gasteiger partial charge in [-0.1, -0.05) is 0 Å². The number of aromatic nitrogens is 1. The molecule has 0 atom stereocenters. The van der Waals surface area contributed by atoms with Gasteiger partial charge in [0.15, 0.2) is 0 Å². The van der Waals surface area contributed by atoms with E-state index in [4.69, 9.17) is 0 Å². The van der Waals surface area contributed by atoms with Gasteiger partial charge < -0.3 is 5.32 Å². The topological polar surface area (TPSA) is 24.9 Å². The summed E-state index contributed by atoms with van der Waals surface area (Å²) in [7, 11) is 0. The molecule has 102 valence electrons. The summed E-state index contributed by atoms with van der Waals surface area (Å²) < 4.78 is 38.4. The first kappa shape index (κ1) is 14.3. The summed E-state index contributed by atoms with van der Waals surface area (Å²) in [5.74, 6) is 0. The van der Waals surface area contributed by atoms with Crippen molar-refractivity contribution in [2.45, 2.75) is 19.6 Å². The van der Waals surface area contributed by atoms with Crippen LogP contribution in [0.1, 0.15) is 16.3 Å². The summed E-state index contributed by atoms with van der Waals surface area (Å²) in [4.78, 5) is 4.25. The van der Waals surface area contributed by atoms with E-state index in [9.17, 15) is 13.2 Å². The van der Waals surface area contributed by atoms with Crippen LogP contribution in [0.25, 0.3) is 0 Å². The van der Waals surface area contributed by atoms with Gasteiger partial charge in [-0.2, -0.15) is 13.2 Å². The molecule has 1 N–H and O–H groups in total. The number of benzene rings is 1. The average molecular weight is 351 g/mol. The minimum atomic E-state index is -4.34. The van der Waals surface area contributed by atoms with E-state index in [1.54, 1.807) is 0 Å². The lowest BCUT2D eigenvalue weighted by atomic mass is 10.2. The number of alkyl halides is 3. The maximum atomic E-state index is 12.6. The van der Waals surface area contributed by atoms with Crippen LogP contribution in [0.4, 0.5) is 18.9 Å². The molecule has 1 aromatic heterocycles. The Morgan fingerprint density at radius 3 is 2.68 bits per heavy atom. The molecule has 0 fully saturated rings. The van der Waals surface area contributed by atoms with Gasteiger partial charge in [-0.05, 0) is 41.1 Å². The fourth-order valence-electron chi connectivity index (χ4n) is 1.51. The molecule has 7 heteroatoms. The van der Waals surface area contributed by atoms with Crippen LogP contribution in [-0.4, -0.2) is 4.98 Å². The predicted molar refractivity (Wildman–Crippen MR) is 73.3 cm³/mol. The Bertz CT molecular complexity index is 581. The zero-order valence-corrected chi connectivity index (χ0v) is 12.3. The average Bonchev–Trinajstić information content (AvgIpc) is 2.72. The maximum Gasteiger partial charge on any atom is 0.416 e. The molecule has 0 saturated carbocycles. The Labute approximate surface area is 120 Å². The second-order valence-electron chi connectivity index (χ2n) is 3.90. The molecule has 0 aliphatic carbocycles. The van der Waals surface area contributed by atoms with Crippen molar-refractivity contribution in [2.75, 3.05) is 5.32 Å². The smallest absolute Gasteiger partial charge is 0.378 e. The van der Waals surface area contributed by atoms with E-state index in [2.05, 4.69) is 26.2 Å². The van der Waals surface area contributed by atoms with Crippen molar-refractivity contribution in [1.82, 2.24) is 4.98 Å². The van der Waals surface area contributed by atoms with Crippen LogP contribution in [0.5, 0.6) is 0 Å². The van der Waals surface area contributed by atoms with Crippen LogP contribution in [-0.2, 0) is 12.7 Å². The van der Waals surface area contributed by atoms with Crippen LogP contribution in [0.2, 0.25) is 0 Å². The third-order valence-electron chi connectivity index (χ3n) is 2.42. The van der Waals surface area contributed by atoms with Crippen molar-refractivity contribution in [2.24, 2.45) is 0 Å². The van der Waals surface area contributed by atoms with Gasteiger partial charge in [-0.25, -0.2) is 4.98 Å². The highest BCUT2D eigenvalue weighted by atomic mass is 79.9. The second-order valence-corrected chi connectivity index (χ2v) is 5.82. The Balaban J connectivity index is 2.15. The number of hydrogen-bond acceptors (Lipinski definition) is 3. The Hall–Kier alpha value is -1.08. The van der Waals surface area contributed by atoms with E-state index in [1.807, 2.05) is 12.3 Å². The molecule has 0 aliphatic heterocycles. The zero-order chi connectivity index (χ0) is 14.0. The third kappa shape index (κ3) is 3.70. The number of aryl methyl sites for hydroxylation is 1. The van der Waals surface area contributed by atoms with Crippen LogP contribution < -0.4 is 5.32 Å². The summed E-state index contributed by atoms with van der Waals surface area (Å²) in [5.41, 5.74) is 0.542. The van der Waals surface area contributed by atoms with Crippen LogP contribution in [0.15, 0.2) is 28.1 Å². The molecule has 2 nitrogen and oxygen atoms in total. The van der Waals surface area contributed by atoms with Gasteiger partial charge in [0, 0.05) is 15.5 Å². The van der Waals surface area contributed by atoms with Crippen LogP contribution >= 0.6 is 27.3 Å². The Kier molecular flexibility index (Phi) is 4.15. The fourth-order valence-corrected chi connectivity index (χ4v) is 2.51. The minimum Gasteiger partial charge on any atom is -0.378 e. The van der Waals surface area contributed by atoms with E-state index in [1.165, 1.54) is 17.4 Å². The number of rotatable bonds is 3. The molecular formula is C12H10BrF3N2S. The Morgan fingerprint density at radius 2 is 2.11 bits per heavy atom. The normalized spacial score (nSPS) is 11.6.